The fourth-order valence-corrected chi connectivity index (χ4v) is 1.63. The lowest BCUT2D eigenvalue weighted by Crippen LogP contribution is -2.04. The van der Waals surface area contributed by atoms with Gasteiger partial charge in [0.15, 0.2) is 0 Å². The van der Waals surface area contributed by atoms with Gasteiger partial charge in [0, 0.05) is 17.5 Å². The van der Waals surface area contributed by atoms with Gasteiger partial charge in [-0.25, -0.2) is 4.79 Å². The Morgan fingerprint density at radius 1 is 1.42 bits per heavy atom. The molecule has 1 aromatic carbocycles. The number of rotatable bonds is 5. The maximum absolute atomic E-state index is 11.7. The van der Waals surface area contributed by atoms with Crippen LogP contribution in [0, 0.1) is 10.1 Å². The Labute approximate surface area is 109 Å². The van der Waals surface area contributed by atoms with E-state index in [1.54, 1.807) is 0 Å². The second-order valence-electron chi connectivity index (χ2n) is 4.08. The van der Waals surface area contributed by atoms with Gasteiger partial charge < -0.3 is 9.15 Å². The van der Waals surface area contributed by atoms with Crippen molar-refractivity contribution in [2.75, 3.05) is 6.61 Å². The standard InChI is InChI=1S/C13H13NO5/c1-2-3-6-18-13(15)12-8-9-7-10(14(16)17)4-5-11(9)19-12/h4-5,7-8H,2-3,6H2,1H3. The van der Waals surface area contributed by atoms with E-state index < -0.39 is 10.9 Å². The van der Waals surface area contributed by atoms with E-state index in [0.717, 1.165) is 12.8 Å². The van der Waals surface area contributed by atoms with Crippen LogP contribution in [-0.2, 0) is 4.74 Å². The van der Waals surface area contributed by atoms with Crippen molar-refractivity contribution in [3.63, 3.8) is 0 Å². The highest BCUT2D eigenvalue weighted by atomic mass is 16.6. The first-order valence-corrected chi connectivity index (χ1v) is 5.97. The molecule has 19 heavy (non-hydrogen) atoms. The molecule has 2 rings (SSSR count). The number of nitrogens with zero attached hydrogens (tertiary/aromatic N) is 1. The van der Waals surface area contributed by atoms with Gasteiger partial charge in [0.05, 0.1) is 11.5 Å². The van der Waals surface area contributed by atoms with Crippen LogP contribution in [0.25, 0.3) is 11.0 Å². The molecule has 0 radical (unpaired) electrons. The zero-order valence-electron chi connectivity index (χ0n) is 10.4. The quantitative estimate of drug-likeness (QED) is 0.357. The zero-order chi connectivity index (χ0) is 13.8. The summed E-state index contributed by atoms with van der Waals surface area (Å²) in [5.74, 6) is -0.487. The summed E-state index contributed by atoms with van der Waals surface area (Å²) in [6.07, 6.45) is 1.72. The Balaban J connectivity index is 2.21. The van der Waals surface area contributed by atoms with Crippen LogP contribution in [0.5, 0.6) is 0 Å². The molecule has 0 aliphatic carbocycles. The highest BCUT2D eigenvalue weighted by molar-refractivity contribution is 5.93. The van der Waals surface area contributed by atoms with E-state index >= 15 is 0 Å². The predicted molar refractivity (Wildman–Crippen MR) is 68.1 cm³/mol. The van der Waals surface area contributed by atoms with E-state index in [2.05, 4.69) is 0 Å². The number of unbranched alkanes of at least 4 members (excludes halogenated alkanes) is 1. The van der Waals surface area contributed by atoms with Crippen LogP contribution in [-0.4, -0.2) is 17.5 Å². The van der Waals surface area contributed by atoms with E-state index in [9.17, 15) is 14.9 Å². The lowest BCUT2D eigenvalue weighted by atomic mass is 10.2. The number of hydrogen-bond acceptors (Lipinski definition) is 5. The van der Waals surface area contributed by atoms with Gasteiger partial charge in [-0.1, -0.05) is 13.3 Å². The molecule has 1 heterocycles. The molecule has 100 valence electrons. The summed E-state index contributed by atoms with van der Waals surface area (Å²) in [4.78, 5) is 21.8. The summed E-state index contributed by atoms with van der Waals surface area (Å²) in [6.45, 7) is 2.33. The molecule has 1 aromatic heterocycles. The third-order valence-electron chi connectivity index (χ3n) is 2.64. The number of fused-ring (bicyclic) bond motifs is 1. The Hall–Kier alpha value is -2.37. The molecule has 0 fully saturated rings. The topological polar surface area (TPSA) is 82.6 Å². The molecular weight excluding hydrogens is 250 g/mol. The van der Waals surface area contributed by atoms with Crippen molar-refractivity contribution in [2.45, 2.75) is 19.8 Å². The summed E-state index contributed by atoms with van der Waals surface area (Å²) in [6, 6.07) is 5.62. The van der Waals surface area contributed by atoms with E-state index in [4.69, 9.17) is 9.15 Å². The van der Waals surface area contributed by atoms with Gasteiger partial charge >= 0.3 is 5.97 Å². The Kier molecular flexibility index (Phi) is 3.79. The lowest BCUT2D eigenvalue weighted by Gasteiger charge is -1.99. The average Bonchev–Trinajstić information content (AvgIpc) is 2.81. The minimum absolute atomic E-state index is 0.0424. The first-order chi connectivity index (χ1) is 9.11. The van der Waals surface area contributed by atoms with Gasteiger partial charge in [0.1, 0.15) is 5.58 Å². The minimum Gasteiger partial charge on any atom is -0.460 e. The van der Waals surface area contributed by atoms with Crippen LogP contribution < -0.4 is 0 Å². The molecule has 0 unspecified atom stereocenters. The number of ether oxygens (including phenoxy) is 1. The molecule has 0 aliphatic rings. The molecule has 0 N–H and O–H groups in total. The van der Waals surface area contributed by atoms with Gasteiger partial charge in [0.25, 0.3) is 5.69 Å². The van der Waals surface area contributed by atoms with Crippen LogP contribution >= 0.6 is 0 Å². The number of nitro benzene ring substituents is 1. The summed E-state index contributed by atoms with van der Waals surface area (Å²) in [7, 11) is 0. The van der Waals surface area contributed by atoms with Gasteiger partial charge in [0.2, 0.25) is 5.76 Å². The number of nitro groups is 1. The first kappa shape index (κ1) is 13.1. The zero-order valence-corrected chi connectivity index (χ0v) is 10.4. The number of carbonyl (C=O) groups excluding carboxylic acids is 1. The van der Waals surface area contributed by atoms with Crippen molar-refractivity contribution in [1.29, 1.82) is 0 Å². The minimum atomic E-state index is -0.549. The Morgan fingerprint density at radius 2 is 2.21 bits per heavy atom. The molecular formula is C13H13NO5. The van der Waals surface area contributed by atoms with Crippen LogP contribution in [0.3, 0.4) is 0 Å². The molecule has 6 heteroatoms. The predicted octanol–water partition coefficient (Wildman–Crippen LogP) is 3.30. The Bertz CT molecular complexity index is 617. The molecule has 0 saturated carbocycles. The van der Waals surface area contributed by atoms with E-state index in [1.807, 2.05) is 6.92 Å². The maximum Gasteiger partial charge on any atom is 0.374 e. The van der Waals surface area contributed by atoms with E-state index in [0.29, 0.717) is 17.6 Å². The highest BCUT2D eigenvalue weighted by Gasteiger charge is 2.15. The maximum atomic E-state index is 11.7. The third kappa shape index (κ3) is 2.90. The SMILES string of the molecule is CCCCOC(=O)c1cc2cc([N+](=O)[O-])ccc2o1. The molecule has 0 atom stereocenters. The first-order valence-electron chi connectivity index (χ1n) is 5.97. The van der Waals surface area contributed by atoms with Crippen molar-refractivity contribution in [1.82, 2.24) is 0 Å². The fourth-order valence-electron chi connectivity index (χ4n) is 1.63. The van der Waals surface area contributed by atoms with Gasteiger partial charge in [-0.3, -0.25) is 10.1 Å². The van der Waals surface area contributed by atoms with Gasteiger partial charge in [-0.15, -0.1) is 0 Å². The molecule has 2 aromatic rings. The Morgan fingerprint density at radius 3 is 2.89 bits per heavy atom. The van der Waals surface area contributed by atoms with E-state index in [-0.39, 0.29) is 11.4 Å². The number of benzene rings is 1. The summed E-state index contributed by atoms with van der Waals surface area (Å²) >= 11 is 0. The number of hydrogen-bond donors (Lipinski definition) is 0. The molecule has 0 saturated heterocycles. The van der Waals surface area contributed by atoms with Crippen molar-refractivity contribution in [3.8, 4) is 0 Å². The second kappa shape index (κ2) is 5.51. The number of furan rings is 1. The smallest absolute Gasteiger partial charge is 0.374 e. The van der Waals surface area contributed by atoms with Crippen LogP contribution in [0.2, 0.25) is 0 Å². The second-order valence-corrected chi connectivity index (χ2v) is 4.08. The molecule has 0 amide bonds. The fraction of sp³-hybridized carbons (Fsp3) is 0.308. The van der Waals surface area contributed by atoms with Crippen LogP contribution in [0.4, 0.5) is 5.69 Å². The van der Waals surface area contributed by atoms with Gasteiger partial charge in [-0.2, -0.15) is 0 Å². The van der Waals surface area contributed by atoms with Crippen LogP contribution in [0.1, 0.15) is 30.3 Å². The average molecular weight is 263 g/mol. The largest absolute Gasteiger partial charge is 0.460 e. The third-order valence-corrected chi connectivity index (χ3v) is 2.64. The summed E-state index contributed by atoms with van der Waals surface area (Å²) in [5, 5.41) is 11.2. The number of carbonyl (C=O) groups is 1. The number of esters is 1. The van der Waals surface area contributed by atoms with Crippen LogP contribution in [0.15, 0.2) is 28.7 Å². The molecule has 6 nitrogen and oxygen atoms in total. The highest BCUT2D eigenvalue weighted by Crippen LogP contribution is 2.24. The lowest BCUT2D eigenvalue weighted by molar-refractivity contribution is -0.384. The van der Waals surface area contributed by atoms with Crippen molar-refractivity contribution in [2.24, 2.45) is 0 Å². The van der Waals surface area contributed by atoms with Crippen molar-refractivity contribution in [3.05, 3.63) is 40.1 Å². The monoisotopic (exact) mass is 263 g/mol. The van der Waals surface area contributed by atoms with Crippen molar-refractivity contribution < 1.29 is 18.9 Å². The summed E-state index contributed by atoms with van der Waals surface area (Å²) < 4.78 is 10.3. The van der Waals surface area contributed by atoms with E-state index in [1.165, 1.54) is 24.3 Å². The number of non-ortho nitro benzene ring substituents is 1. The van der Waals surface area contributed by atoms with Crippen molar-refractivity contribution >= 4 is 22.6 Å². The normalized spacial score (nSPS) is 10.6. The molecule has 0 spiro atoms. The summed E-state index contributed by atoms with van der Waals surface area (Å²) in [5.41, 5.74) is 0.382. The molecule has 0 aliphatic heterocycles. The molecule has 0 bridgehead atoms. The van der Waals surface area contributed by atoms with Gasteiger partial charge in [-0.05, 0) is 18.6 Å².